The lowest BCUT2D eigenvalue weighted by Gasteiger charge is -2.20. The molecule has 3 N–H and O–H groups in total. The summed E-state index contributed by atoms with van der Waals surface area (Å²) < 4.78 is 19.0. The van der Waals surface area contributed by atoms with Gasteiger partial charge in [-0.15, -0.1) is 0 Å². The number of rotatable bonds is 3. The van der Waals surface area contributed by atoms with Gasteiger partial charge in [0.2, 0.25) is 0 Å². The zero-order valence-electron chi connectivity index (χ0n) is 16.9. The van der Waals surface area contributed by atoms with Crippen molar-refractivity contribution in [3.63, 3.8) is 0 Å². The molecule has 0 fully saturated rings. The second kappa shape index (κ2) is 7.69. The normalized spacial score (nSPS) is 13.6. The molecule has 0 radical (unpaired) electrons. The van der Waals surface area contributed by atoms with Gasteiger partial charge in [0.05, 0.1) is 11.4 Å². The van der Waals surface area contributed by atoms with Crippen molar-refractivity contribution in [2.75, 3.05) is 10.6 Å². The number of hydrogen-bond acceptors (Lipinski definition) is 4. The van der Waals surface area contributed by atoms with Crippen molar-refractivity contribution in [1.82, 2.24) is 4.98 Å². The molecule has 0 saturated carbocycles. The van der Waals surface area contributed by atoms with Gasteiger partial charge in [-0.3, -0.25) is 14.9 Å². The maximum absolute atomic E-state index is 13.8. The molecule has 0 aliphatic heterocycles. The summed E-state index contributed by atoms with van der Waals surface area (Å²) >= 11 is 0. The molecule has 154 valence electrons. The van der Waals surface area contributed by atoms with E-state index >= 15 is 0 Å². The molecule has 0 atom stereocenters. The molecular weight excluding hydrogens is 377 g/mol. The molecule has 2 aromatic rings. The number of aromatic nitrogens is 1. The van der Waals surface area contributed by atoms with Crippen LogP contribution in [-0.4, -0.2) is 28.4 Å². The van der Waals surface area contributed by atoms with Crippen molar-refractivity contribution in [2.45, 2.75) is 52.6 Å². The zero-order chi connectivity index (χ0) is 21.3. The Morgan fingerprint density at radius 3 is 2.52 bits per heavy atom. The standard InChI is InChI=1S/C21H24FN3O4/c1-11-17-14(6-5-7-16(17)26)23-18(11)19(27)24-15-10-12(22)8-9-13(15)25-20(28)29-21(2,3)4/h8-10,23H,5-7H2,1-4H3,(H,24,27)(H,25,28). The predicted octanol–water partition coefficient (Wildman–Crippen LogP) is 4.58. The topological polar surface area (TPSA) is 100 Å². The number of aromatic amines is 1. The molecule has 1 aliphatic carbocycles. The van der Waals surface area contributed by atoms with Crippen LogP contribution in [0.15, 0.2) is 18.2 Å². The van der Waals surface area contributed by atoms with E-state index in [1.165, 1.54) is 12.1 Å². The third kappa shape index (κ3) is 4.64. The summed E-state index contributed by atoms with van der Waals surface area (Å²) in [6.07, 6.45) is 1.17. The first-order valence-electron chi connectivity index (χ1n) is 9.40. The molecule has 1 aliphatic rings. The first kappa shape index (κ1) is 20.6. The fraction of sp³-hybridized carbons (Fsp3) is 0.381. The number of fused-ring (bicyclic) bond motifs is 1. The van der Waals surface area contributed by atoms with Crippen molar-refractivity contribution >= 4 is 29.2 Å². The summed E-state index contributed by atoms with van der Waals surface area (Å²) in [6.45, 7) is 6.87. The third-order valence-corrected chi connectivity index (χ3v) is 4.53. The number of nitrogens with one attached hydrogen (secondary N) is 3. The molecular formula is C21H24FN3O4. The van der Waals surface area contributed by atoms with Crippen LogP contribution in [0.5, 0.6) is 0 Å². The average molecular weight is 401 g/mol. The Morgan fingerprint density at radius 1 is 1.14 bits per heavy atom. The third-order valence-electron chi connectivity index (χ3n) is 4.53. The number of amides is 2. The maximum atomic E-state index is 13.8. The molecule has 0 bridgehead atoms. The van der Waals surface area contributed by atoms with E-state index in [0.29, 0.717) is 24.0 Å². The van der Waals surface area contributed by atoms with Gasteiger partial charge in [-0.1, -0.05) is 0 Å². The minimum absolute atomic E-state index is 0.0112. The quantitative estimate of drug-likeness (QED) is 0.701. The molecule has 29 heavy (non-hydrogen) atoms. The van der Waals surface area contributed by atoms with E-state index in [1.54, 1.807) is 27.7 Å². The van der Waals surface area contributed by atoms with Crippen molar-refractivity contribution < 1.29 is 23.5 Å². The fourth-order valence-corrected chi connectivity index (χ4v) is 3.33. The summed E-state index contributed by atoms with van der Waals surface area (Å²) in [5.74, 6) is -1.09. The van der Waals surface area contributed by atoms with Crippen LogP contribution in [0.1, 0.15) is 65.7 Å². The molecule has 7 nitrogen and oxygen atoms in total. The lowest BCUT2D eigenvalue weighted by atomic mass is 9.94. The van der Waals surface area contributed by atoms with E-state index in [0.717, 1.165) is 18.2 Å². The summed E-state index contributed by atoms with van der Waals surface area (Å²) in [7, 11) is 0. The van der Waals surface area contributed by atoms with E-state index in [-0.39, 0.29) is 22.9 Å². The van der Waals surface area contributed by atoms with Crippen molar-refractivity contribution in [2.24, 2.45) is 0 Å². The largest absolute Gasteiger partial charge is 0.444 e. The Balaban J connectivity index is 1.85. The van der Waals surface area contributed by atoms with E-state index in [2.05, 4.69) is 15.6 Å². The number of Topliss-reactive ketones (excluding diaryl/α,β-unsaturated/α-hetero) is 1. The van der Waals surface area contributed by atoms with Crippen LogP contribution in [0.25, 0.3) is 0 Å². The number of carbonyl (C=O) groups excluding carboxylic acids is 3. The number of benzene rings is 1. The molecule has 0 spiro atoms. The van der Waals surface area contributed by atoms with Gasteiger partial charge in [0.25, 0.3) is 5.91 Å². The van der Waals surface area contributed by atoms with Crippen LogP contribution in [0.2, 0.25) is 0 Å². The highest BCUT2D eigenvalue weighted by molar-refractivity contribution is 6.10. The van der Waals surface area contributed by atoms with Crippen molar-refractivity contribution in [1.29, 1.82) is 0 Å². The number of halogens is 1. The van der Waals surface area contributed by atoms with Crippen LogP contribution < -0.4 is 10.6 Å². The number of ketones is 1. The number of ether oxygens (including phenoxy) is 1. The summed E-state index contributed by atoms with van der Waals surface area (Å²) in [4.78, 5) is 40.1. The molecule has 3 rings (SSSR count). The molecule has 0 unspecified atom stereocenters. The van der Waals surface area contributed by atoms with Crippen LogP contribution in [-0.2, 0) is 11.2 Å². The summed E-state index contributed by atoms with van der Waals surface area (Å²) in [6, 6.07) is 3.61. The molecule has 2 amide bonds. The van der Waals surface area contributed by atoms with Gasteiger partial charge in [0.1, 0.15) is 17.1 Å². The molecule has 1 heterocycles. The van der Waals surface area contributed by atoms with Gasteiger partial charge in [-0.25, -0.2) is 9.18 Å². The molecule has 1 aromatic heterocycles. The second-order valence-electron chi connectivity index (χ2n) is 8.03. The van der Waals surface area contributed by atoms with Crippen LogP contribution in [0, 0.1) is 12.7 Å². The van der Waals surface area contributed by atoms with Crippen molar-refractivity contribution in [3.8, 4) is 0 Å². The highest BCUT2D eigenvalue weighted by atomic mass is 19.1. The SMILES string of the molecule is Cc1c(C(=O)Nc2cc(F)ccc2NC(=O)OC(C)(C)C)[nH]c2c1C(=O)CCC2. The summed E-state index contributed by atoms with van der Waals surface area (Å²) in [5, 5.41) is 5.12. The second-order valence-corrected chi connectivity index (χ2v) is 8.03. The van der Waals surface area contributed by atoms with Crippen LogP contribution in [0.3, 0.4) is 0 Å². The Hall–Kier alpha value is -3.16. The Bertz CT molecular complexity index is 989. The Morgan fingerprint density at radius 2 is 1.86 bits per heavy atom. The van der Waals surface area contributed by atoms with Gasteiger partial charge in [-0.2, -0.15) is 0 Å². The highest BCUT2D eigenvalue weighted by Crippen LogP contribution is 2.28. The minimum Gasteiger partial charge on any atom is -0.444 e. The van der Waals surface area contributed by atoms with Gasteiger partial charge in [0, 0.05) is 17.7 Å². The van der Waals surface area contributed by atoms with Crippen LogP contribution >= 0.6 is 0 Å². The number of H-pyrrole nitrogens is 1. The van der Waals surface area contributed by atoms with Gasteiger partial charge in [-0.05, 0) is 64.3 Å². The summed E-state index contributed by atoms with van der Waals surface area (Å²) in [5.41, 5.74) is 1.69. The first-order chi connectivity index (χ1) is 13.5. The minimum atomic E-state index is -0.725. The molecule has 1 aromatic carbocycles. The van der Waals surface area contributed by atoms with Crippen LogP contribution in [0.4, 0.5) is 20.6 Å². The Kier molecular flexibility index (Phi) is 5.46. The first-order valence-corrected chi connectivity index (χ1v) is 9.40. The lowest BCUT2D eigenvalue weighted by molar-refractivity contribution is 0.0635. The number of hydrogen-bond donors (Lipinski definition) is 3. The predicted molar refractivity (Wildman–Crippen MR) is 107 cm³/mol. The van der Waals surface area contributed by atoms with E-state index < -0.39 is 23.4 Å². The number of aryl methyl sites for hydroxylation is 1. The van der Waals surface area contributed by atoms with E-state index in [1.807, 2.05) is 0 Å². The zero-order valence-corrected chi connectivity index (χ0v) is 16.9. The fourth-order valence-electron chi connectivity index (χ4n) is 3.33. The Labute approximate surface area is 168 Å². The van der Waals surface area contributed by atoms with Crippen molar-refractivity contribution in [3.05, 3.63) is 46.5 Å². The van der Waals surface area contributed by atoms with Gasteiger partial charge >= 0.3 is 6.09 Å². The highest BCUT2D eigenvalue weighted by Gasteiger charge is 2.27. The monoisotopic (exact) mass is 401 g/mol. The lowest BCUT2D eigenvalue weighted by Crippen LogP contribution is -2.27. The maximum Gasteiger partial charge on any atom is 0.412 e. The molecule has 8 heteroatoms. The smallest absolute Gasteiger partial charge is 0.412 e. The molecule has 0 saturated heterocycles. The van der Waals surface area contributed by atoms with E-state index in [4.69, 9.17) is 4.74 Å². The number of anilines is 2. The van der Waals surface area contributed by atoms with Gasteiger partial charge in [0.15, 0.2) is 5.78 Å². The van der Waals surface area contributed by atoms with E-state index in [9.17, 15) is 18.8 Å². The number of carbonyl (C=O) groups is 3. The van der Waals surface area contributed by atoms with Gasteiger partial charge < -0.3 is 15.0 Å². The average Bonchev–Trinajstić information content (AvgIpc) is 2.94.